The zero-order valence-corrected chi connectivity index (χ0v) is 12.3. The van der Waals surface area contributed by atoms with Gasteiger partial charge in [0.1, 0.15) is 11.3 Å². The third-order valence-electron chi connectivity index (χ3n) is 2.64. The lowest BCUT2D eigenvalue weighted by molar-refractivity contribution is 0.0931. The Morgan fingerprint density at radius 3 is 2.95 bits per heavy atom. The van der Waals surface area contributed by atoms with Crippen LogP contribution in [0.3, 0.4) is 0 Å². The standard InChI is InChI=1S/C12H12FIN4O/c1-2-9(15)16-12(19)8-5-6-3-4-7(13)10(14)11(6)18-17-8/h3-5,9H,2,15H2,1H3,(H,16,19). The molecule has 0 aliphatic rings. The molecule has 2 aromatic rings. The lowest BCUT2D eigenvalue weighted by Crippen LogP contribution is -2.41. The molecule has 1 aromatic heterocycles. The maximum atomic E-state index is 13.4. The smallest absolute Gasteiger partial charge is 0.273 e. The molecule has 1 heterocycles. The number of rotatable bonds is 3. The summed E-state index contributed by atoms with van der Waals surface area (Å²) in [6.45, 7) is 1.86. The van der Waals surface area contributed by atoms with Gasteiger partial charge >= 0.3 is 0 Å². The number of fused-ring (bicyclic) bond motifs is 1. The van der Waals surface area contributed by atoms with Crippen LogP contribution in [-0.2, 0) is 0 Å². The van der Waals surface area contributed by atoms with E-state index in [0.717, 1.165) is 0 Å². The molecule has 1 unspecified atom stereocenters. The maximum Gasteiger partial charge on any atom is 0.273 e. The highest BCUT2D eigenvalue weighted by atomic mass is 127. The average Bonchev–Trinajstić information content (AvgIpc) is 2.42. The molecule has 5 nitrogen and oxygen atoms in total. The van der Waals surface area contributed by atoms with Gasteiger partial charge in [0, 0.05) is 5.39 Å². The largest absolute Gasteiger partial charge is 0.336 e. The fraction of sp³-hybridized carbons (Fsp3) is 0.250. The first-order valence-electron chi connectivity index (χ1n) is 5.70. The molecular weight excluding hydrogens is 362 g/mol. The molecule has 1 aromatic carbocycles. The van der Waals surface area contributed by atoms with Gasteiger partial charge in [-0.3, -0.25) is 4.79 Å². The van der Waals surface area contributed by atoms with E-state index in [0.29, 0.717) is 20.9 Å². The van der Waals surface area contributed by atoms with Crippen molar-refractivity contribution in [2.45, 2.75) is 19.5 Å². The third-order valence-corrected chi connectivity index (χ3v) is 3.67. The highest BCUT2D eigenvalue weighted by molar-refractivity contribution is 14.1. The van der Waals surface area contributed by atoms with Crippen LogP contribution in [0.2, 0.25) is 0 Å². The Morgan fingerprint density at radius 2 is 2.26 bits per heavy atom. The van der Waals surface area contributed by atoms with Crippen LogP contribution in [0.25, 0.3) is 10.9 Å². The third kappa shape index (κ3) is 2.98. The molecule has 19 heavy (non-hydrogen) atoms. The summed E-state index contributed by atoms with van der Waals surface area (Å²) in [5.74, 6) is -0.740. The van der Waals surface area contributed by atoms with Gasteiger partial charge < -0.3 is 11.1 Å². The van der Waals surface area contributed by atoms with Gasteiger partial charge in [-0.05, 0) is 47.2 Å². The Kier molecular flexibility index (Phi) is 4.25. The minimum absolute atomic E-state index is 0.166. The van der Waals surface area contributed by atoms with Crippen molar-refractivity contribution in [3.8, 4) is 0 Å². The van der Waals surface area contributed by atoms with Gasteiger partial charge in [0.2, 0.25) is 0 Å². The van der Waals surface area contributed by atoms with Gasteiger partial charge in [-0.15, -0.1) is 10.2 Å². The fourth-order valence-corrected chi connectivity index (χ4v) is 2.11. The van der Waals surface area contributed by atoms with Crippen molar-refractivity contribution in [2.75, 3.05) is 0 Å². The predicted octanol–water partition coefficient (Wildman–Crippen LogP) is 1.80. The van der Waals surface area contributed by atoms with Crippen molar-refractivity contribution in [1.29, 1.82) is 0 Å². The van der Waals surface area contributed by atoms with E-state index in [1.54, 1.807) is 12.1 Å². The van der Waals surface area contributed by atoms with Crippen molar-refractivity contribution in [3.63, 3.8) is 0 Å². The molecule has 0 fully saturated rings. The molecule has 1 amide bonds. The second-order valence-corrected chi connectivity index (χ2v) is 5.10. The lowest BCUT2D eigenvalue weighted by Gasteiger charge is -2.10. The maximum absolute atomic E-state index is 13.4. The Balaban J connectivity index is 2.37. The Labute approximate surface area is 122 Å². The number of benzene rings is 1. The summed E-state index contributed by atoms with van der Waals surface area (Å²) in [5, 5.41) is 11.0. The van der Waals surface area contributed by atoms with E-state index in [1.807, 2.05) is 29.5 Å². The second kappa shape index (κ2) is 5.74. The molecule has 1 atom stereocenters. The van der Waals surface area contributed by atoms with Gasteiger partial charge in [-0.1, -0.05) is 6.92 Å². The summed E-state index contributed by atoms with van der Waals surface area (Å²) in [6, 6.07) is 4.48. The minimum Gasteiger partial charge on any atom is -0.336 e. The van der Waals surface area contributed by atoms with E-state index in [2.05, 4.69) is 15.5 Å². The van der Waals surface area contributed by atoms with Gasteiger partial charge in [0.25, 0.3) is 5.91 Å². The molecule has 3 N–H and O–H groups in total. The number of nitrogens with one attached hydrogen (secondary N) is 1. The van der Waals surface area contributed by atoms with Gasteiger partial charge in [-0.2, -0.15) is 0 Å². The van der Waals surface area contributed by atoms with Crippen LogP contribution in [0, 0.1) is 9.39 Å². The summed E-state index contributed by atoms with van der Waals surface area (Å²) >= 11 is 1.86. The van der Waals surface area contributed by atoms with E-state index in [4.69, 9.17) is 5.73 Å². The van der Waals surface area contributed by atoms with Crippen LogP contribution in [0.5, 0.6) is 0 Å². The molecule has 0 saturated carbocycles. The monoisotopic (exact) mass is 374 g/mol. The van der Waals surface area contributed by atoms with E-state index < -0.39 is 6.17 Å². The summed E-state index contributed by atoms with van der Waals surface area (Å²) in [5.41, 5.74) is 6.24. The number of carbonyl (C=O) groups is 1. The first-order valence-corrected chi connectivity index (χ1v) is 6.78. The number of amides is 1. The molecule has 0 saturated heterocycles. The predicted molar refractivity (Wildman–Crippen MR) is 77.9 cm³/mol. The van der Waals surface area contributed by atoms with Crippen LogP contribution >= 0.6 is 22.6 Å². The topological polar surface area (TPSA) is 80.9 Å². The number of hydrogen-bond acceptors (Lipinski definition) is 4. The van der Waals surface area contributed by atoms with Gasteiger partial charge in [0.15, 0.2) is 5.69 Å². The summed E-state index contributed by atoms with van der Waals surface area (Å²) in [7, 11) is 0. The van der Waals surface area contributed by atoms with Gasteiger partial charge in [0.05, 0.1) is 9.74 Å². The molecule has 0 aliphatic heterocycles. The van der Waals surface area contributed by atoms with Crippen molar-refractivity contribution in [1.82, 2.24) is 15.5 Å². The SMILES string of the molecule is CCC(N)NC(=O)c1cc2ccc(F)c(I)c2nn1. The van der Waals surface area contributed by atoms with Crippen molar-refractivity contribution in [3.05, 3.63) is 33.3 Å². The van der Waals surface area contributed by atoms with Crippen LogP contribution in [0.4, 0.5) is 4.39 Å². The summed E-state index contributed by atoms with van der Waals surface area (Å²) in [6.07, 6.45) is 0.203. The van der Waals surface area contributed by atoms with E-state index >= 15 is 0 Å². The minimum atomic E-state index is -0.418. The van der Waals surface area contributed by atoms with Crippen LogP contribution < -0.4 is 11.1 Å². The fourth-order valence-electron chi connectivity index (χ4n) is 1.51. The van der Waals surface area contributed by atoms with E-state index in [9.17, 15) is 9.18 Å². The number of hydrogen-bond donors (Lipinski definition) is 2. The lowest BCUT2D eigenvalue weighted by atomic mass is 10.2. The zero-order valence-electron chi connectivity index (χ0n) is 10.2. The highest BCUT2D eigenvalue weighted by Gasteiger charge is 2.13. The summed E-state index contributed by atoms with van der Waals surface area (Å²) in [4.78, 5) is 11.8. The normalized spacial score (nSPS) is 12.4. The quantitative estimate of drug-likeness (QED) is 0.634. The zero-order chi connectivity index (χ0) is 14.0. The molecule has 100 valence electrons. The Morgan fingerprint density at radius 1 is 1.53 bits per heavy atom. The Hall–Kier alpha value is -1.35. The molecule has 0 bridgehead atoms. The first-order chi connectivity index (χ1) is 9.02. The molecule has 2 rings (SSSR count). The molecular formula is C12H12FIN4O. The molecule has 0 radical (unpaired) electrons. The highest BCUT2D eigenvalue weighted by Crippen LogP contribution is 2.21. The number of carbonyl (C=O) groups excluding carboxylic acids is 1. The molecule has 0 spiro atoms. The number of aromatic nitrogens is 2. The number of nitrogens with zero attached hydrogens (tertiary/aromatic N) is 2. The summed E-state index contributed by atoms with van der Waals surface area (Å²) < 4.78 is 13.7. The van der Waals surface area contributed by atoms with Crippen molar-refractivity contribution >= 4 is 39.4 Å². The average molecular weight is 374 g/mol. The van der Waals surface area contributed by atoms with E-state index in [-0.39, 0.29) is 17.4 Å². The van der Waals surface area contributed by atoms with E-state index in [1.165, 1.54) is 6.07 Å². The Bertz CT molecular complexity index is 634. The molecule has 0 aliphatic carbocycles. The van der Waals surface area contributed by atoms with Crippen LogP contribution in [0.1, 0.15) is 23.8 Å². The first kappa shape index (κ1) is 14.1. The van der Waals surface area contributed by atoms with Crippen molar-refractivity contribution in [2.24, 2.45) is 5.73 Å². The van der Waals surface area contributed by atoms with Crippen LogP contribution in [0.15, 0.2) is 18.2 Å². The second-order valence-electron chi connectivity index (χ2n) is 4.02. The number of nitrogens with two attached hydrogens (primary N) is 1. The van der Waals surface area contributed by atoms with Crippen molar-refractivity contribution < 1.29 is 9.18 Å². The molecule has 7 heteroatoms. The number of halogens is 2. The van der Waals surface area contributed by atoms with Gasteiger partial charge in [-0.25, -0.2) is 4.39 Å². The van der Waals surface area contributed by atoms with Crippen LogP contribution in [-0.4, -0.2) is 22.3 Å².